The van der Waals surface area contributed by atoms with Crippen molar-refractivity contribution in [3.05, 3.63) is 47.5 Å². The number of hydrogen-bond donors (Lipinski definition) is 8. The van der Waals surface area contributed by atoms with Gasteiger partial charge in [0.25, 0.3) is 0 Å². The second-order valence-corrected chi connectivity index (χ2v) is 15.2. The number of ketones is 1. The summed E-state index contributed by atoms with van der Waals surface area (Å²) in [5.41, 5.74) is 6.64. The van der Waals surface area contributed by atoms with Gasteiger partial charge in [-0.1, -0.05) is 44.7 Å². The number of fused-ring (bicyclic) bond motifs is 5. The molecule has 0 unspecified atom stereocenters. The molecule has 2 aromatic rings. The number of aromatic hydroxyl groups is 2. The Kier molecular flexibility index (Phi) is 19.6. The summed E-state index contributed by atoms with van der Waals surface area (Å²) in [7, 11) is 1.37. The van der Waals surface area contributed by atoms with Gasteiger partial charge >= 0.3 is 0 Å². The van der Waals surface area contributed by atoms with Crippen molar-refractivity contribution in [3.8, 4) is 22.6 Å². The second kappa shape index (κ2) is 24.0. The number of benzene rings is 2. The van der Waals surface area contributed by atoms with Crippen LogP contribution in [0, 0.1) is 0 Å². The van der Waals surface area contributed by atoms with E-state index in [1.807, 2.05) is 0 Å². The second-order valence-electron chi connectivity index (χ2n) is 15.0. The lowest BCUT2D eigenvalue weighted by molar-refractivity contribution is -0.143. The number of unbranched alkanes of at least 4 members (excludes halogenated alkanes) is 5. The largest absolute Gasteiger partial charge is 0.507 e. The molecule has 0 aromatic heterocycles. The zero-order valence-corrected chi connectivity index (χ0v) is 35.2. The van der Waals surface area contributed by atoms with Crippen molar-refractivity contribution < 1.29 is 43.8 Å². The fourth-order valence-electron chi connectivity index (χ4n) is 6.71. The Hall–Kier alpha value is -5.22. The van der Waals surface area contributed by atoms with Gasteiger partial charge in [-0.25, -0.2) is 0 Å². The number of nitrogens with zero attached hydrogens (tertiary/aromatic N) is 1. The molecular formula is C42H60ClN7O9. The van der Waals surface area contributed by atoms with Gasteiger partial charge in [-0.3, -0.25) is 33.6 Å². The van der Waals surface area contributed by atoms with Crippen LogP contribution < -0.4 is 32.3 Å². The monoisotopic (exact) mass is 841 g/mol. The van der Waals surface area contributed by atoms with E-state index < -0.39 is 65.5 Å². The van der Waals surface area contributed by atoms with Crippen LogP contribution in [0.3, 0.4) is 0 Å². The van der Waals surface area contributed by atoms with E-state index in [4.69, 9.17) is 17.3 Å². The summed E-state index contributed by atoms with van der Waals surface area (Å²) in [4.78, 5) is 94.4. The molecule has 17 heteroatoms. The van der Waals surface area contributed by atoms with Crippen molar-refractivity contribution in [2.45, 2.75) is 122 Å². The number of Topliss-reactive ketones (excluding diaryl/α,β-unsaturated/α-hetero) is 1. The van der Waals surface area contributed by atoms with E-state index in [1.165, 1.54) is 57.3 Å². The number of hydrogen-bond acceptors (Lipinski definition) is 10. The average molecular weight is 842 g/mol. The third-order valence-electron chi connectivity index (χ3n) is 10.2. The van der Waals surface area contributed by atoms with Gasteiger partial charge in [-0.15, -0.1) is 11.6 Å². The lowest BCUT2D eigenvalue weighted by atomic mass is 9.93. The number of halogens is 1. The maximum Gasteiger partial charge on any atom is 0.248 e. The molecule has 3 rings (SSSR count). The van der Waals surface area contributed by atoms with Crippen molar-refractivity contribution in [1.82, 2.24) is 31.5 Å². The van der Waals surface area contributed by atoms with Crippen LogP contribution >= 0.6 is 11.6 Å². The van der Waals surface area contributed by atoms with Crippen molar-refractivity contribution in [1.29, 1.82) is 0 Å². The summed E-state index contributed by atoms with van der Waals surface area (Å²) < 4.78 is 0. The SMILES string of the molecule is CCCCCCCC(=O)NCCC(=O)N[C@@H](CCCCN)C(=O)N(C)[C@@H]1C(=O)N[C@@H](C)C(=O)N[C@H](C(=O)N[C@@H](C)C(=O)CCl)Cc2ccc(O)c(c2)-c2cc1ccc2O. The highest BCUT2D eigenvalue weighted by Crippen LogP contribution is 2.39. The van der Waals surface area contributed by atoms with Gasteiger partial charge in [-0.2, -0.15) is 0 Å². The number of rotatable bonds is 20. The maximum atomic E-state index is 14.3. The zero-order chi connectivity index (χ0) is 43.6. The molecule has 0 aliphatic carbocycles. The van der Waals surface area contributed by atoms with E-state index in [0.29, 0.717) is 31.4 Å². The van der Waals surface area contributed by atoms with Crippen LogP contribution in [0.1, 0.15) is 102 Å². The third kappa shape index (κ3) is 14.5. The maximum absolute atomic E-state index is 14.3. The molecule has 4 bridgehead atoms. The predicted octanol–water partition coefficient (Wildman–Crippen LogP) is 2.60. The Morgan fingerprint density at radius 3 is 2.24 bits per heavy atom. The number of phenolic OH excluding ortho intramolecular Hbond substituents is 2. The lowest BCUT2D eigenvalue weighted by Crippen LogP contribution is -2.57. The van der Waals surface area contributed by atoms with Gasteiger partial charge in [0.05, 0.1) is 11.9 Å². The minimum absolute atomic E-state index is 0.0710. The van der Waals surface area contributed by atoms with Gasteiger partial charge in [0.2, 0.25) is 35.4 Å². The first-order valence-electron chi connectivity index (χ1n) is 20.3. The van der Waals surface area contributed by atoms with E-state index in [1.54, 1.807) is 0 Å². The number of likely N-dealkylation sites (N-methyl/N-ethyl adjacent to an activating group) is 1. The summed E-state index contributed by atoms with van der Waals surface area (Å²) in [6.07, 6.45) is 6.35. The van der Waals surface area contributed by atoms with Crippen LogP contribution in [0.4, 0.5) is 0 Å². The van der Waals surface area contributed by atoms with Crippen molar-refractivity contribution in [3.63, 3.8) is 0 Å². The number of phenols is 2. The quantitative estimate of drug-likeness (QED) is 0.0715. The van der Waals surface area contributed by atoms with Crippen LogP contribution in [0.15, 0.2) is 36.4 Å². The Labute approximate surface area is 350 Å². The molecule has 6 amide bonds. The van der Waals surface area contributed by atoms with Gasteiger partial charge in [0.1, 0.15) is 35.7 Å². The van der Waals surface area contributed by atoms with Gasteiger partial charge in [0.15, 0.2) is 5.78 Å². The first-order valence-corrected chi connectivity index (χ1v) is 20.8. The van der Waals surface area contributed by atoms with Gasteiger partial charge < -0.3 is 47.4 Å². The minimum atomic E-state index is -1.43. The summed E-state index contributed by atoms with van der Waals surface area (Å²) in [5.74, 6) is -4.85. The Bertz CT molecular complexity index is 1810. The summed E-state index contributed by atoms with van der Waals surface area (Å²) >= 11 is 5.68. The standard InChI is InChI=1S/C42H60ClN7O9/c1-5-6-7-8-9-13-36(54)45-20-18-37(55)48-31(12-10-11-19-44)42(59)50(4)38-28-15-17-34(52)30(23-28)29-21-27(14-16-33(29)51)22-32(40(57)46-25(2)35(53)24-43)49-39(56)26(3)47-41(38)58/h14-17,21,23,25-26,31-32,38,51-52H,5-13,18-20,22,24,44H2,1-4H3,(H,45,54)(H,46,57)(H,47,58)(H,48,55)(H,49,56)/t25-,26-,31-,32-,38-/m0/s1. The minimum Gasteiger partial charge on any atom is -0.507 e. The number of carbonyl (C=O) groups is 7. The average Bonchev–Trinajstić information content (AvgIpc) is 3.20. The van der Waals surface area contributed by atoms with E-state index in [0.717, 1.165) is 37.0 Å². The molecule has 0 radical (unpaired) electrons. The number of alkyl halides is 1. The predicted molar refractivity (Wildman–Crippen MR) is 223 cm³/mol. The number of carbonyl (C=O) groups excluding carboxylic acids is 7. The highest BCUT2D eigenvalue weighted by atomic mass is 35.5. The normalized spacial score (nSPS) is 17.6. The first kappa shape index (κ1) is 48.2. The van der Waals surface area contributed by atoms with Crippen LogP contribution in [-0.4, -0.2) is 107 Å². The van der Waals surface area contributed by atoms with Crippen molar-refractivity contribution in [2.75, 3.05) is 26.0 Å². The summed E-state index contributed by atoms with van der Waals surface area (Å²) in [6.45, 7) is 5.38. The molecule has 0 saturated heterocycles. The lowest BCUT2D eigenvalue weighted by Gasteiger charge is -2.32. The van der Waals surface area contributed by atoms with E-state index >= 15 is 0 Å². The highest BCUT2D eigenvalue weighted by molar-refractivity contribution is 6.28. The Morgan fingerprint density at radius 1 is 0.881 bits per heavy atom. The van der Waals surface area contributed by atoms with Crippen LogP contribution in [-0.2, 0) is 40.0 Å². The zero-order valence-electron chi connectivity index (χ0n) is 34.4. The Balaban J connectivity index is 1.96. The number of amides is 6. The summed E-state index contributed by atoms with van der Waals surface area (Å²) in [5, 5.41) is 35.4. The van der Waals surface area contributed by atoms with Crippen molar-refractivity contribution >= 4 is 52.8 Å². The molecule has 1 aliphatic rings. The van der Waals surface area contributed by atoms with Gasteiger partial charge in [0, 0.05) is 44.0 Å². The molecule has 59 heavy (non-hydrogen) atoms. The van der Waals surface area contributed by atoms with Crippen LogP contribution in [0.5, 0.6) is 11.5 Å². The summed E-state index contributed by atoms with van der Waals surface area (Å²) in [6, 6.07) is 2.60. The van der Waals surface area contributed by atoms with Crippen LogP contribution in [0.25, 0.3) is 11.1 Å². The fourth-order valence-corrected chi connectivity index (χ4v) is 6.94. The molecule has 5 atom stereocenters. The van der Waals surface area contributed by atoms with E-state index in [9.17, 15) is 43.8 Å². The van der Waals surface area contributed by atoms with Crippen LogP contribution in [0.2, 0.25) is 0 Å². The molecule has 0 fully saturated rings. The van der Waals surface area contributed by atoms with E-state index in [-0.39, 0.29) is 65.8 Å². The van der Waals surface area contributed by atoms with Crippen molar-refractivity contribution in [2.24, 2.45) is 5.73 Å². The Morgan fingerprint density at radius 2 is 1.56 bits per heavy atom. The van der Waals surface area contributed by atoms with E-state index in [2.05, 4.69) is 33.5 Å². The molecule has 0 saturated carbocycles. The smallest absolute Gasteiger partial charge is 0.248 e. The highest BCUT2D eigenvalue weighted by Gasteiger charge is 2.36. The molecule has 2 aromatic carbocycles. The molecule has 1 aliphatic heterocycles. The topological polar surface area (TPSA) is 249 Å². The molecule has 0 spiro atoms. The number of nitrogens with one attached hydrogen (secondary N) is 5. The molecular weight excluding hydrogens is 782 g/mol. The third-order valence-corrected chi connectivity index (χ3v) is 10.5. The molecule has 9 N–H and O–H groups in total. The number of nitrogens with two attached hydrogens (primary N) is 1. The molecule has 16 nitrogen and oxygen atoms in total. The molecule has 324 valence electrons. The first-order chi connectivity index (χ1) is 28.1. The van der Waals surface area contributed by atoms with Gasteiger partial charge in [-0.05, 0) is 81.5 Å². The fraction of sp³-hybridized carbons (Fsp3) is 0.548. The molecule has 1 heterocycles.